The Morgan fingerprint density at radius 1 is 0.938 bits per heavy atom. The van der Waals surface area contributed by atoms with Crippen molar-refractivity contribution in [1.29, 1.82) is 0 Å². The van der Waals surface area contributed by atoms with Crippen LogP contribution in [0.15, 0.2) is 34.1 Å². The molecule has 3 heterocycles. The van der Waals surface area contributed by atoms with Crippen LogP contribution in [0.5, 0.6) is 0 Å². The molecule has 0 aliphatic rings. The fourth-order valence-electron chi connectivity index (χ4n) is 5.02. The summed E-state index contributed by atoms with van der Waals surface area (Å²) in [5.41, 5.74) is 23.4. The molecular weight excluding hydrogens is 622 g/mol. The lowest BCUT2D eigenvalue weighted by atomic mass is 10.1. The molecule has 3 aromatic heterocycles. The topological polar surface area (TPSA) is 244 Å². The first-order valence-corrected chi connectivity index (χ1v) is 16.1. The summed E-state index contributed by atoms with van der Waals surface area (Å²) in [6, 6.07) is 5.61. The van der Waals surface area contributed by atoms with E-state index in [1.54, 1.807) is 6.07 Å². The zero-order valence-corrected chi connectivity index (χ0v) is 27.0. The second-order valence-corrected chi connectivity index (χ2v) is 11.0. The molecule has 1 aromatic carbocycles. The first kappa shape index (κ1) is 36.0. The van der Waals surface area contributed by atoms with Crippen LogP contribution < -0.4 is 16.8 Å². The van der Waals surface area contributed by atoms with Gasteiger partial charge in [-0.3, -0.25) is 9.59 Å². The zero-order valence-electron chi connectivity index (χ0n) is 27.0. The number of carbonyl (C=O) groups excluding carboxylic acids is 2. The van der Waals surface area contributed by atoms with Crippen LogP contribution in [0.4, 0.5) is 11.8 Å². The van der Waals surface area contributed by atoms with Crippen molar-refractivity contribution >= 4 is 45.7 Å². The number of amides is 1. The number of ketones is 1. The molecule has 0 bridgehead atoms. The number of oxazole rings is 1. The number of nitrogen functional groups attached to an aromatic ring is 2. The van der Waals surface area contributed by atoms with Crippen molar-refractivity contribution in [2.45, 2.75) is 57.9 Å². The van der Waals surface area contributed by atoms with Gasteiger partial charge in [0.1, 0.15) is 29.1 Å². The summed E-state index contributed by atoms with van der Waals surface area (Å²) in [5.74, 6) is 0.503. The number of unbranched alkanes of at least 4 members (excludes halogenated alkanes) is 3. The van der Waals surface area contributed by atoms with Crippen LogP contribution in [0.2, 0.25) is 0 Å². The van der Waals surface area contributed by atoms with Gasteiger partial charge in [0.25, 0.3) is 6.01 Å². The van der Waals surface area contributed by atoms with Crippen molar-refractivity contribution in [1.82, 2.24) is 30.0 Å². The first-order valence-electron chi connectivity index (χ1n) is 16.1. The average molecular weight is 666 g/mol. The van der Waals surface area contributed by atoms with Crippen LogP contribution in [0.1, 0.15) is 51.4 Å². The quantitative estimate of drug-likeness (QED) is 0.0416. The minimum absolute atomic E-state index is 0.0510. The number of azide groups is 1. The lowest BCUT2D eigenvalue weighted by molar-refractivity contribution is -0.122. The summed E-state index contributed by atoms with van der Waals surface area (Å²) in [7, 11) is 0. The molecule has 0 fully saturated rings. The van der Waals surface area contributed by atoms with Crippen LogP contribution in [0, 0.1) is 0 Å². The summed E-state index contributed by atoms with van der Waals surface area (Å²) >= 11 is 0. The summed E-state index contributed by atoms with van der Waals surface area (Å²) in [5, 5.41) is 11.7. The summed E-state index contributed by atoms with van der Waals surface area (Å²) in [6.45, 7) is 3.79. The van der Waals surface area contributed by atoms with Crippen LogP contribution in [0.3, 0.4) is 0 Å². The van der Waals surface area contributed by atoms with Crippen LogP contribution in [-0.2, 0) is 30.3 Å². The molecule has 1 amide bonds. The van der Waals surface area contributed by atoms with Gasteiger partial charge < -0.3 is 35.4 Å². The van der Waals surface area contributed by atoms with E-state index in [2.05, 4.69) is 30.3 Å². The Kier molecular flexibility index (Phi) is 14.8. The third kappa shape index (κ3) is 11.5. The number of aryl methyl sites for hydroxylation is 1. The maximum Gasteiger partial charge on any atom is 0.292 e. The van der Waals surface area contributed by atoms with Crippen LogP contribution >= 0.6 is 0 Å². The molecular formula is C31H43N11O6. The number of fused-ring (bicyclic) bond motifs is 2. The van der Waals surface area contributed by atoms with Gasteiger partial charge in [-0.2, -0.15) is 10.1 Å². The predicted molar refractivity (Wildman–Crippen MR) is 179 cm³/mol. The number of nitrogens with one attached hydrogen (secondary N) is 1. The highest BCUT2D eigenvalue weighted by atomic mass is 16.5. The number of nitrogens with two attached hydrogens (primary N) is 2. The van der Waals surface area contributed by atoms with Crippen molar-refractivity contribution in [2.24, 2.45) is 5.11 Å². The fraction of sp³-hybridized carbons (Fsp3) is 0.548. The fourth-order valence-corrected chi connectivity index (χ4v) is 5.02. The Morgan fingerprint density at radius 2 is 1.67 bits per heavy atom. The number of anilines is 2. The van der Waals surface area contributed by atoms with Gasteiger partial charge >= 0.3 is 0 Å². The Labute approximate surface area is 277 Å². The van der Waals surface area contributed by atoms with E-state index in [0.717, 1.165) is 24.8 Å². The number of ether oxygens (including phenoxy) is 3. The molecule has 258 valence electrons. The smallest absolute Gasteiger partial charge is 0.292 e. The van der Waals surface area contributed by atoms with E-state index < -0.39 is 0 Å². The first-order chi connectivity index (χ1) is 23.5. The summed E-state index contributed by atoms with van der Waals surface area (Å²) in [6.07, 6.45) is 6.60. The second-order valence-electron chi connectivity index (χ2n) is 11.0. The van der Waals surface area contributed by atoms with Gasteiger partial charge in [-0.25, -0.2) is 14.6 Å². The highest BCUT2D eigenvalue weighted by Gasteiger charge is 2.18. The lowest BCUT2D eigenvalue weighted by Gasteiger charge is -2.07. The average Bonchev–Trinajstić information content (AvgIpc) is 3.65. The van der Waals surface area contributed by atoms with Crippen molar-refractivity contribution in [3.63, 3.8) is 0 Å². The van der Waals surface area contributed by atoms with Crippen LogP contribution in [0.25, 0.3) is 43.8 Å². The second kappa shape index (κ2) is 19.7. The third-order valence-corrected chi connectivity index (χ3v) is 7.38. The predicted octanol–water partition coefficient (Wildman–Crippen LogP) is 3.97. The minimum Gasteiger partial charge on any atom is -0.424 e. The van der Waals surface area contributed by atoms with Gasteiger partial charge in [0.05, 0.1) is 45.0 Å². The normalized spacial score (nSPS) is 11.2. The van der Waals surface area contributed by atoms with Gasteiger partial charge in [-0.15, -0.1) is 0 Å². The number of carbonyl (C=O) groups is 2. The summed E-state index contributed by atoms with van der Waals surface area (Å²) < 4.78 is 23.2. The van der Waals surface area contributed by atoms with Gasteiger partial charge in [-0.05, 0) is 49.4 Å². The molecule has 5 N–H and O–H groups in total. The number of nitrogens with zero attached hydrogens (tertiary/aromatic N) is 8. The van der Waals surface area contributed by atoms with Gasteiger partial charge in [0, 0.05) is 49.4 Å². The van der Waals surface area contributed by atoms with E-state index >= 15 is 0 Å². The number of hydrogen-bond donors (Lipinski definition) is 3. The van der Waals surface area contributed by atoms with E-state index in [4.69, 9.17) is 40.7 Å². The number of Topliss-reactive ketones (excluding diaryl/α,β-unsaturated/α-hetero) is 1. The molecule has 0 atom stereocenters. The highest BCUT2D eigenvalue weighted by Crippen LogP contribution is 2.32. The largest absolute Gasteiger partial charge is 0.424 e. The zero-order chi connectivity index (χ0) is 34.0. The molecule has 0 spiro atoms. The number of benzene rings is 1. The maximum atomic E-state index is 12.4. The van der Waals surface area contributed by atoms with Crippen molar-refractivity contribution in [3.05, 3.63) is 35.0 Å². The third-order valence-electron chi connectivity index (χ3n) is 7.38. The number of aromatic nitrogens is 5. The molecule has 0 aliphatic carbocycles. The van der Waals surface area contributed by atoms with Crippen molar-refractivity contribution < 1.29 is 28.2 Å². The number of rotatable bonds is 24. The Bertz CT molecular complexity index is 1670. The molecule has 17 nitrogen and oxygen atoms in total. The molecule has 0 saturated carbocycles. The van der Waals surface area contributed by atoms with Gasteiger partial charge in [-0.1, -0.05) is 11.5 Å². The summed E-state index contributed by atoms with van der Waals surface area (Å²) in [4.78, 5) is 39.9. The standard InChI is InChI=1S/C31H43N11O6/c32-29-27-28(22-9-10-25-24(20-22)39-31(33)48-25)40-42(30(27)37-21-36-29)13-5-1-2-6-23(43)7-3-4-8-26(44)35-11-14-45-16-18-47-19-17-46-15-12-38-41-34/h9-10,20-21H,1-8,11-19H2,(H2,33,39)(H,35,44)(H2,32,36,37). The molecule has 0 radical (unpaired) electrons. The van der Waals surface area contributed by atoms with Crippen molar-refractivity contribution in [2.75, 3.05) is 64.2 Å². The van der Waals surface area contributed by atoms with E-state index in [0.29, 0.717) is 125 Å². The Hall–Kier alpha value is -4.83. The SMILES string of the molecule is [N-]=[N+]=NCCOCCOCCOCCNC(=O)CCCCC(=O)CCCCCn1nc(-c2ccc3oc(N)nc3c2)c2c(N)ncnc21. The van der Waals surface area contributed by atoms with Crippen LogP contribution in [-0.4, -0.2) is 89.2 Å². The van der Waals surface area contributed by atoms with E-state index in [9.17, 15) is 9.59 Å². The molecule has 48 heavy (non-hydrogen) atoms. The van der Waals surface area contributed by atoms with E-state index in [1.165, 1.54) is 6.33 Å². The lowest BCUT2D eigenvalue weighted by Crippen LogP contribution is -2.27. The van der Waals surface area contributed by atoms with Gasteiger partial charge in [0.15, 0.2) is 11.2 Å². The molecule has 17 heteroatoms. The molecule has 4 rings (SSSR count). The maximum absolute atomic E-state index is 12.4. The highest BCUT2D eigenvalue weighted by molar-refractivity contribution is 5.99. The molecule has 0 unspecified atom stereocenters. The van der Waals surface area contributed by atoms with Crippen molar-refractivity contribution in [3.8, 4) is 11.3 Å². The van der Waals surface area contributed by atoms with E-state index in [-0.39, 0.29) is 17.7 Å². The van der Waals surface area contributed by atoms with Gasteiger partial charge in [0.2, 0.25) is 5.91 Å². The monoisotopic (exact) mass is 665 g/mol. The number of hydrogen-bond acceptors (Lipinski definition) is 13. The minimum atomic E-state index is -0.0510. The Morgan fingerprint density at radius 3 is 2.46 bits per heavy atom. The Balaban J connectivity index is 1.04. The molecule has 4 aromatic rings. The molecule has 0 saturated heterocycles. The van der Waals surface area contributed by atoms with E-state index in [1.807, 2.05) is 16.8 Å². The molecule has 0 aliphatic heterocycles.